The third-order valence-corrected chi connectivity index (χ3v) is 5.18. The zero-order valence-electron chi connectivity index (χ0n) is 15.3. The summed E-state index contributed by atoms with van der Waals surface area (Å²) in [5, 5.41) is 8.51. The summed E-state index contributed by atoms with van der Waals surface area (Å²) in [5.41, 5.74) is 1.76. The van der Waals surface area contributed by atoms with Crippen molar-refractivity contribution in [2.24, 2.45) is 0 Å². The number of carbonyl (C=O) groups is 1. The average Bonchev–Trinajstić information content (AvgIpc) is 3.08. The van der Waals surface area contributed by atoms with Gasteiger partial charge in [-0.15, -0.1) is 10.2 Å². The number of amides is 1. The van der Waals surface area contributed by atoms with E-state index < -0.39 is 23.3 Å². The molecule has 3 rings (SSSR count). The smallest absolute Gasteiger partial charge is 0.344 e. The summed E-state index contributed by atoms with van der Waals surface area (Å²) >= 11 is 0.800. The van der Waals surface area contributed by atoms with E-state index in [4.69, 9.17) is 5.84 Å². The van der Waals surface area contributed by atoms with Crippen LogP contribution in [0.25, 0.3) is 0 Å². The summed E-state index contributed by atoms with van der Waals surface area (Å²) in [7, 11) is 0. The molecule has 0 bridgehead atoms. The van der Waals surface area contributed by atoms with Crippen molar-refractivity contribution in [1.29, 1.82) is 0 Å². The highest BCUT2D eigenvalue weighted by Gasteiger charge is 2.38. The molecule has 1 heterocycles. The molecule has 0 radical (unpaired) electrons. The number of thioether (sulfide) groups is 1. The minimum atomic E-state index is -4.72. The van der Waals surface area contributed by atoms with Gasteiger partial charge in [-0.2, -0.15) is 13.2 Å². The van der Waals surface area contributed by atoms with E-state index in [1.54, 1.807) is 6.92 Å². The van der Waals surface area contributed by atoms with Gasteiger partial charge in [-0.05, 0) is 18.1 Å². The van der Waals surface area contributed by atoms with Crippen LogP contribution in [0.2, 0.25) is 0 Å². The van der Waals surface area contributed by atoms with Crippen LogP contribution in [0, 0.1) is 0 Å². The van der Waals surface area contributed by atoms with Crippen LogP contribution in [-0.2, 0) is 11.0 Å². The van der Waals surface area contributed by atoms with Crippen LogP contribution in [0.4, 0.5) is 13.2 Å². The van der Waals surface area contributed by atoms with Crippen molar-refractivity contribution < 1.29 is 18.0 Å². The Kier molecular flexibility index (Phi) is 6.12. The van der Waals surface area contributed by atoms with Gasteiger partial charge in [-0.3, -0.25) is 4.79 Å². The lowest BCUT2D eigenvalue weighted by atomic mass is 9.98. The topological polar surface area (TPSA) is 85.8 Å². The van der Waals surface area contributed by atoms with E-state index in [9.17, 15) is 18.0 Å². The molecule has 3 N–H and O–H groups in total. The number of hydrogen-bond donors (Lipinski definition) is 2. The van der Waals surface area contributed by atoms with Crippen LogP contribution in [0.15, 0.2) is 65.8 Å². The molecular weight excluding hydrogens is 403 g/mol. The molecule has 6 nitrogen and oxygen atoms in total. The Hall–Kier alpha value is -3.01. The summed E-state index contributed by atoms with van der Waals surface area (Å²) in [6.07, 6.45) is -4.72. The lowest BCUT2D eigenvalue weighted by molar-refractivity contribution is -0.146. The Labute approximate surface area is 169 Å². The van der Waals surface area contributed by atoms with E-state index in [0.29, 0.717) is 4.68 Å². The number of nitrogens with zero attached hydrogens (tertiary/aromatic N) is 3. The van der Waals surface area contributed by atoms with Gasteiger partial charge in [-0.1, -0.05) is 72.4 Å². The Morgan fingerprint density at radius 1 is 1.03 bits per heavy atom. The number of alkyl halides is 3. The second-order valence-electron chi connectivity index (χ2n) is 6.20. The fourth-order valence-electron chi connectivity index (χ4n) is 2.67. The first-order chi connectivity index (χ1) is 13.8. The van der Waals surface area contributed by atoms with Gasteiger partial charge >= 0.3 is 6.18 Å². The minimum Gasteiger partial charge on any atom is -0.344 e. The Bertz CT molecular complexity index is 923. The zero-order chi connectivity index (χ0) is 21.0. The van der Waals surface area contributed by atoms with E-state index in [0.717, 1.165) is 22.9 Å². The summed E-state index contributed by atoms with van der Waals surface area (Å²) in [5.74, 6) is 3.75. The van der Waals surface area contributed by atoms with Crippen molar-refractivity contribution in [2.75, 3.05) is 5.84 Å². The Balaban J connectivity index is 1.77. The molecule has 0 saturated carbocycles. The number of hydrogen-bond acceptors (Lipinski definition) is 5. The molecule has 29 heavy (non-hydrogen) atoms. The zero-order valence-corrected chi connectivity index (χ0v) is 16.1. The van der Waals surface area contributed by atoms with Crippen LogP contribution < -0.4 is 11.2 Å². The van der Waals surface area contributed by atoms with Crippen molar-refractivity contribution in [1.82, 2.24) is 20.2 Å². The quantitative estimate of drug-likeness (QED) is 0.471. The summed E-state index contributed by atoms with van der Waals surface area (Å²) < 4.78 is 38.8. The first-order valence-corrected chi connectivity index (χ1v) is 9.50. The summed E-state index contributed by atoms with van der Waals surface area (Å²) in [6.45, 7) is 1.56. The molecule has 1 atom stereocenters. The maximum absolute atomic E-state index is 12.8. The highest BCUT2D eigenvalue weighted by atomic mass is 32.2. The first-order valence-electron chi connectivity index (χ1n) is 8.62. The number of aromatic nitrogens is 3. The van der Waals surface area contributed by atoms with Gasteiger partial charge in [0.15, 0.2) is 0 Å². The first kappa shape index (κ1) is 20.7. The summed E-state index contributed by atoms with van der Waals surface area (Å²) in [6, 6.07) is 18.4. The van der Waals surface area contributed by atoms with Crippen molar-refractivity contribution >= 4 is 17.7 Å². The number of carbonyl (C=O) groups excluding carboxylic acids is 1. The third kappa shape index (κ3) is 4.89. The third-order valence-electron chi connectivity index (χ3n) is 4.12. The molecule has 152 valence electrons. The molecule has 1 aromatic heterocycles. The van der Waals surface area contributed by atoms with E-state index in [2.05, 4.69) is 15.5 Å². The van der Waals surface area contributed by atoms with Gasteiger partial charge in [-0.25, -0.2) is 4.68 Å². The lowest BCUT2D eigenvalue weighted by Gasteiger charge is -2.22. The molecule has 0 spiro atoms. The molecule has 0 saturated heterocycles. The second-order valence-corrected chi connectivity index (χ2v) is 7.50. The van der Waals surface area contributed by atoms with E-state index in [1.807, 2.05) is 60.7 Å². The molecule has 0 aliphatic heterocycles. The number of halogens is 3. The molecule has 0 aliphatic carbocycles. The molecule has 0 aliphatic rings. The molecule has 3 aromatic rings. The highest BCUT2D eigenvalue weighted by molar-refractivity contribution is 8.00. The fraction of sp³-hybridized carbons (Fsp3) is 0.211. The van der Waals surface area contributed by atoms with E-state index in [-0.39, 0.29) is 11.1 Å². The summed E-state index contributed by atoms with van der Waals surface area (Å²) in [4.78, 5) is 12.8. The minimum absolute atomic E-state index is 0.198. The van der Waals surface area contributed by atoms with Gasteiger partial charge in [0.25, 0.3) is 5.82 Å². The molecule has 2 aromatic carbocycles. The van der Waals surface area contributed by atoms with E-state index >= 15 is 0 Å². The van der Waals surface area contributed by atoms with E-state index in [1.165, 1.54) is 0 Å². The van der Waals surface area contributed by atoms with Crippen molar-refractivity contribution in [3.63, 3.8) is 0 Å². The van der Waals surface area contributed by atoms with Gasteiger partial charge in [0, 0.05) is 0 Å². The molecule has 1 amide bonds. The molecule has 10 heteroatoms. The number of benzene rings is 2. The van der Waals surface area contributed by atoms with Crippen molar-refractivity contribution in [3.8, 4) is 0 Å². The lowest BCUT2D eigenvalue weighted by Crippen LogP contribution is -2.35. The van der Waals surface area contributed by atoms with Crippen molar-refractivity contribution in [2.45, 2.75) is 29.5 Å². The Morgan fingerprint density at radius 3 is 2.00 bits per heavy atom. The predicted molar refractivity (Wildman–Crippen MR) is 103 cm³/mol. The maximum atomic E-state index is 12.8. The predicted octanol–water partition coefficient (Wildman–Crippen LogP) is 3.40. The van der Waals surface area contributed by atoms with Gasteiger partial charge < -0.3 is 11.2 Å². The van der Waals surface area contributed by atoms with Crippen LogP contribution in [0.5, 0.6) is 0 Å². The standard InChI is InChI=1S/C19H18F3N5OS/c1-12(29-18-26-25-17(27(18)23)19(20,21)22)16(28)24-15(13-8-4-2-5-9-13)14-10-6-3-7-11-14/h2-12,15H,23H2,1H3,(H,24,28). The highest BCUT2D eigenvalue weighted by Crippen LogP contribution is 2.30. The number of rotatable bonds is 6. The number of nitrogens with two attached hydrogens (primary N) is 1. The second kappa shape index (κ2) is 8.56. The van der Waals surface area contributed by atoms with Gasteiger partial charge in [0.1, 0.15) is 0 Å². The van der Waals surface area contributed by atoms with Crippen LogP contribution in [0.1, 0.15) is 29.9 Å². The maximum Gasteiger partial charge on any atom is 0.453 e. The average molecular weight is 421 g/mol. The normalized spacial score (nSPS) is 12.7. The monoisotopic (exact) mass is 421 g/mol. The van der Waals surface area contributed by atoms with Crippen LogP contribution in [0.3, 0.4) is 0 Å². The fourth-order valence-corrected chi connectivity index (χ4v) is 3.45. The van der Waals surface area contributed by atoms with Gasteiger partial charge in [0.05, 0.1) is 11.3 Å². The Morgan fingerprint density at radius 2 is 1.55 bits per heavy atom. The van der Waals surface area contributed by atoms with Gasteiger partial charge in [0.2, 0.25) is 11.1 Å². The SMILES string of the molecule is CC(Sc1nnc(C(F)(F)F)n1N)C(=O)NC(c1ccccc1)c1ccccc1. The van der Waals surface area contributed by atoms with Crippen LogP contribution >= 0.6 is 11.8 Å². The molecule has 0 fully saturated rings. The number of nitrogen functional groups attached to an aromatic ring is 1. The van der Waals surface area contributed by atoms with Crippen LogP contribution in [-0.4, -0.2) is 26.0 Å². The number of nitrogens with one attached hydrogen (secondary N) is 1. The van der Waals surface area contributed by atoms with Crippen molar-refractivity contribution in [3.05, 3.63) is 77.6 Å². The largest absolute Gasteiger partial charge is 0.453 e. The molecular formula is C19H18F3N5OS. The molecule has 1 unspecified atom stereocenters.